The SMILES string of the molecule is CCC(F)(F)COc1ncc(C(C)NC(=O)c2cc(C)nc(NC(=O)C3CC3)c2)cc1C. The van der Waals surface area contributed by atoms with Gasteiger partial charge in [0, 0.05) is 35.4 Å². The second-order valence-electron chi connectivity index (χ2n) is 8.23. The molecule has 0 bridgehead atoms. The first kappa shape index (κ1) is 23.6. The molecule has 9 heteroatoms. The molecular weight excluding hydrogens is 418 g/mol. The van der Waals surface area contributed by atoms with E-state index in [1.807, 2.05) is 0 Å². The summed E-state index contributed by atoms with van der Waals surface area (Å²) in [5.74, 6) is -2.79. The predicted molar refractivity (Wildman–Crippen MR) is 116 cm³/mol. The van der Waals surface area contributed by atoms with Crippen LogP contribution in [0.15, 0.2) is 24.4 Å². The monoisotopic (exact) mass is 446 g/mol. The smallest absolute Gasteiger partial charge is 0.281 e. The number of aryl methyl sites for hydroxylation is 2. The van der Waals surface area contributed by atoms with Crippen LogP contribution >= 0.6 is 0 Å². The lowest BCUT2D eigenvalue weighted by Gasteiger charge is -2.18. The number of ether oxygens (including phenoxy) is 1. The second-order valence-corrected chi connectivity index (χ2v) is 8.23. The Balaban J connectivity index is 1.65. The fraction of sp³-hybridized carbons (Fsp3) is 0.478. The average Bonchev–Trinajstić information content (AvgIpc) is 3.58. The molecule has 2 aromatic rings. The molecule has 1 atom stereocenters. The molecule has 1 aliphatic rings. The number of hydrogen-bond acceptors (Lipinski definition) is 5. The Morgan fingerprint density at radius 2 is 1.97 bits per heavy atom. The van der Waals surface area contributed by atoms with Crippen molar-refractivity contribution in [3.8, 4) is 5.88 Å². The highest BCUT2D eigenvalue weighted by Crippen LogP contribution is 2.30. The standard InChI is InChI=1S/C23H28F2N4O3/c1-5-23(24,25)12-32-22-13(2)8-18(11-26-22)15(4)28-21(31)17-9-14(3)27-19(10-17)29-20(30)16-6-7-16/h8-11,15-16H,5-7,12H2,1-4H3,(H,28,31)(H,27,29,30). The highest BCUT2D eigenvalue weighted by atomic mass is 19.3. The van der Waals surface area contributed by atoms with Gasteiger partial charge in [-0.15, -0.1) is 0 Å². The topological polar surface area (TPSA) is 93.2 Å². The number of pyridine rings is 2. The summed E-state index contributed by atoms with van der Waals surface area (Å²) < 4.78 is 32.0. The van der Waals surface area contributed by atoms with Gasteiger partial charge in [0.2, 0.25) is 11.8 Å². The van der Waals surface area contributed by atoms with Crippen molar-refractivity contribution in [1.82, 2.24) is 15.3 Å². The molecule has 2 amide bonds. The van der Waals surface area contributed by atoms with Crippen molar-refractivity contribution in [3.05, 3.63) is 46.8 Å². The Bertz CT molecular complexity index is 1010. The zero-order chi connectivity index (χ0) is 23.5. The number of anilines is 1. The summed E-state index contributed by atoms with van der Waals surface area (Å²) in [6.45, 7) is 5.92. The molecule has 0 aromatic carbocycles. The van der Waals surface area contributed by atoms with E-state index in [1.54, 1.807) is 39.0 Å². The molecule has 1 fully saturated rings. The van der Waals surface area contributed by atoms with Gasteiger partial charge >= 0.3 is 0 Å². The van der Waals surface area contributed by atoms with Gasteiger partial charge in [0.25, 0.3) is 11.8 Å². The van der Waals surface area contributed by atoms with Gasteiger partial charge in [0.15, 0.2) is 6.61 Å². The maximum atomic E-state index is 13.4. The minimum Gasteiger partial charge on any atom is -0.471 e. The van der Waals surface area contributed by atoms with Crippen LogP contribution in [0.4, 0.5) is 14.6 Å². The molecule has 32 heavy (non-hydrogen) atoms. The van der Waals surface area contributed by atoms with Gasteiger partial charge in [-0.1, -0.05) is 6.92 Å². The van der Waals surface area contributed by atoms with E-state index in [1.165, 1.54) is 13.1 Å². The number of amides is 2. The lowest BCUT2D eigenvalue weighted by atomic mass is 10.1. The first-order valence-electron chi connectivity index (χ1n) is 10.7. The molecule has 2 heterocycles. The molecule has 172 valence electrons. The minimum atomic E-state index is -2.91. The van der Waals surface area contributed by atoms with E-state index in [-0.39, 0.29) is 30.0 Å². The van der Waals surface area contributed by atoms with E-state index in [0.717, 1.165) is 12.8 Å². The average molecular weight is 446 g/mol. The van der Waals surface area contributed by atoms with Gasteiger partial charge in [0.1, 0.15) is 5.82 Å². The maximum absolute atomic E-state index is 13.4. The van der Waals surface area contributed by atoms with Gasteiger partial charge in [0.05, 0.1) is 6.04 Å². The van der Waals surface area contributed by atoms with E-state index >= 15 is 0 Å². The molecule has 7 nitrogen and oxygen atoms in total. The molecule has 3 rings (SSSR count). The van der Waals surface area contributed by atoms with Crippen LogP contribution in [0.25, 0.3) is 0 Å². The van der Waals surface area contributed by atoms with Gasteiger partial charge < -0.3 is 15.4 Å². The molecule has 0 aliphatic heterocycles. The van der Waals surface area contributed by atoms with Crippen LogP contribution < -0.4 is 15.4 Å². The molecule has 2 aromatic heterocycles. The number of hydrogen-bond donors (Lipinski definition) is 2. The Labute approximate surface area is 186 Å². The number of aromatic nitrogens is 2. The zero-order valence-corrected chi connectivity index (χ0v) is 18.7. The van der Waals surface area contributed by atoms with Crippen LogP contribution in [0.5, 0.6) is 5.88 Å². The van der Waals surface area contributed by atoms with Gasteiger partial charge in [-0.2, -0.15) is 0 Å². The zero-order valence-electron chi connectivity index (χ0n) is 18.7. The lowest BCUT2D eigenvalue weighted by Crippen LogP contribution is -2.27. The van der Waals surface area contributed by atoms with Gasteiger partial charge in [-0.25, -0.2) is 18.7 Å². The highest BCUT2D eigenvalue weighted by Gasteiger charge is 2.30. The highest BCUT2D eigenvalue weighted by molar-refractivity contribution is 5.97. The fourth-order valence-corrected chi connectivity index (χ4v) is 3.05. The van der Waals surface area contributed by atoms with E-state index in [2.05, 4.69) is 20.6 Å². The van der Waals surface area contributed by atoms with Crippen molar-refractivity contribution in [2.24, 2.45) is 5.92 Å². The first-order valence-corrected chi connectivity index (χ1v) is 10.7. The number of rotatable bonds is 9. The summed E-state index contributed by atoms with van der Waals surface area (Å²) in [5, 5.41) is 5.65. The van der Waals surface area contributed by atoms with E-state index < -0.39 is 18.6 Å². The minimum absolute atomic E-state index is 0.0329. The Morgan fingerprint density at radius 1 is 1.25 bits per heavy atom. The van der Waals surface area contributed by atoms with Crippen LogP contribution in [0, 0.1) is 19.8 Å². The van der Waals surface area contributed by atoms with Gasteiger partial charge in [-0.05, 0) is 57.4 Å². The first-order chi connectivity index (χ1) is 15.1. The van der Waals surface area contributed by atoms with Crippen LogP contribution in [0.3, 0.4) is 0 Å². The van der Waals surface area contributed by atoms with Crippen LogP contribution in [0.1, 0.15) is 66.3 Å². The molecule has 1 unspecified atom stereocenters. The summed E-state index contributed by atoms with van der Waals surface area (Å²) in [4.78, 5) is 33.2. The van der Waals surface area contributed by atoms with Crippen LogP contribution in [-0.4, -0.2) is 34.3 Å². The number of carbonyl (C=O) groups excluding carboxylic acids is 2. The lowest BCUT2D eigenvalue weighted by molar-refractivity contribution is -0.117. The fourth-order valence-electron chi connectivity index (χ4n) is 3.05. The normalized spacial score (nSPS) is 14.6. The molecule has 2 N–H and O–H groups in total. The molecule has 1 aliphatic carbocycles. The summed E-state index contributed by atoms with van der Waals surface area (Å²) in [6.07, 6.45) is 2.94. The largest absolute Gasteiger partial charge is 0.471 e. The van der Waals surface area contributed by atoms with Crippen molar-refractivity contribution in [1.29, 1.82) is 0 Å². The van der Waals surface area contributed by atoms with Crippen LogP contribution in [0.2, 0.25) is 0 Å². The summed E-state index contributed by atoms with van der Waals surface area (Å²) in [6, 6.07) is 4.54. The molecule has 0 radical (unpaired) electrons. The summed E-state index contributed by atoms with van der Waals surface area (Å²) >= 11 is 0. The van der Waals surface area contributed by atoms with Crippen molar-refractivity contribution in [2.45, 2.75) is 58.9 Å². The summed E-state index contributed by atoms with van der Waals surface area (Å²) in [7, 11) is 0. The van der Waals surface area contributed by atoms with Crippen LogP contribution in [-0.2, 0) is 4.79 Å². The number of nitrogens with one attached hydrogen (secondary N) is 2. The Morgan fingerprint density at radius 3 is 2.59 bits per heavy atom. The number of nitrogens with zero attached hydrogens (tertiary/aromatic N) is 2. The van der Waals surface area contributed by atoms with Crippen molar-refractivity contribution in [2.75, 3.05) is 11.9 Å². The number of halogens is 2. The maximum Gasteiger partial charge on any atom is 0.281 e. The molecular formula is C23H28F2N4O3. The number of carbonyl (C=O) groups is 2. The van der Waals surface area contributed by atoms with Crippen molar-refractivity contribution in [3.63, 3.8) is 0 Å². The van der Waals surface area contributed by atoms with Crippen molar-refractivity contribution < 1.29 is 23.1 Å². The predicted octanol–water partition coefficient (Wildman–Crippen LogP) is 4.36. The molecule has 0 saturated heterocycles. The third-order valence-corrected chi connectivity index (χ3v) is 5.25. The Kier molecular flexibility index (Phi) is 7.06. The van der Waals surface area contributed by atoms with Crippen molar-refractivity contribution >= 4 is 17.6 Å². The number of alkyl halides is 2. The van der Waals surface area contributed by atoms with E-state index in [9.17, 15) is 18.4 Å². The third kappa shape index (κ3) is 6.21. The summed E-state index contributed by atoms with van der Waals surface area (Å²) in [5.41, 5.74) is 2.29. The van der Waals surface area contributed by atoms with Gasteiger partial charge in [-0.3, -0.25) is 9.59 Å². The van der Waals surface area contributed by atoms with E-state index in [0.29, 0.717) is 28.2 Å². The molecule has 1 saturated carbocycles. The van der Waals surface area contributed by atoms with E-state index in [4.69, 9.17) is 4.74 Å². The second kappa shape index (κ2) is 9.58. The Hall–Kier alpha value is -3.10. The quantitative estimate of drug-likeness (QED) is 0.597. The third-order valence-electron chi connectivity index (χ3n) is 5.25. The molecule has 0 spiro atoms.